The maximum Gasteiger partial charge on any atom is 0.182 e. The lowest BCUT2D eigenvalue weighted by atomic mass is 10.2. The topological polar surface area (TPSA) is 39.2 Å². The fourth-order valence-electron chi connectivity index (χ4n) is 2.29. The van der Waals surface area contributed by atoms with Crippen molar-refractivity contribution in [2.45, 2.75) is 0 Å². The minimum absolute atomic E-state index is 0.579. The molecule has 0 aliphatic carbocycles. The van der Waals surface area contributed by atoms with Gasteiger partial charge in [-0.1, -0.05) is 11.6 Å². The largest absolute Gasteiger partial charge is 0.497 e. The molecule has 108 valence electrons. The van der Waals surface area contributed by atoms with Crippen LogP contribution >= 0.6 is 23.8 Å². The molecule has 1 N–H and O–H groups in total. The summed E-state index contributed by atoms with van der Waals surface area (Å²) < 4.78 is 13.2. The second kappa shape index (κ2) is 5.42. The van der Waals surface area contributed by atoms with E-state index < -0.39 is 0 Å². The SMILES string of the molecule is COc1ccc(-n2c(=S)[nH]c3cc(Cl)ccc32)c(OC)c1. The van der Waals surface area contributed by atoms with E-state index >= 15 is 0 Å². The minimum atomic E-state index is 0.579. The van der Waals surface area contributed by atoms with E-state index in [9.17, 15) is 0 Å². The Balaban J connectivity index is 2.30. The van der Waals surface area contributed by atoms with Crippen molar-refractivity contribution < 1.29 is 9.47 Å². The van der Waals surface area contributed by atoms with E-state index in [0.717, 1.165) is 22.5 Å². The molecule has 2 aromatic carbocycles. The van der Waals surface area contributed by atoms with Crippen LogP contribution in [0.5, 0.6) is 11.5 Å². The zero-order valence-corrected chi connectivity index (χ0v) is 13.1. The third-order valence-corrected chi connectivity index (χ3v) is 3.79. The second-order valence-corrected chi connectivity index (χ2v) is 5.29. The summed E-state index contributed by atoms with van der Waals surface area (Å²) in [5.41, 5.74) is 2.66. The number of halogens is 1. The molecule has 0 fully saturated rings. The average molecular weight is 321 g/mol. The number of ether oxygens (including phenoxy) is 2. The zero-order chi connectivity index (χ0) is 15.0. The molecule has 0 aliphatic rings. The Morgan fingerprint density at radius 2 is 1.90 bits per heavy atom. The molecule has 0 radical (unpaired) electrons. The molecule has 0 saturated carbocycles. The van der Waals surface area contributed by atoms with Crippen LogP contribution in [-0.4, -0.2) is 23.8 Å². The molecule has 0 aliphatic heterocycles. The molecule has 3 rings (SSSR count). The van der Waals surface area contributed by atoms with Crippen LogP contribution in [0.3, 0.4) is 0 Å². The quantitative estimate of drug-likeness (QED) is 0.729. The van der Waals surface area contributed by atoms with E-state index in [1.807, 2.05) is 41.0 Å². The zero-order valence-electron chi connectivity index (χ0n) is 11.5. The van der Waals surface area contributed by atoms with Crippen molar-refractivity contribution in [2.24, 2.45) is 0 Å². The number of nitrogens with zero attached hydrogens (tertiary/aromatic N) is 1. The first kappa shape index (κ1) is 14.0. The van der Waals surface area contributed by atoms with Crippen molar-refractivity contribution in [1.29, 1.82) is 0 Å². The summed E-state index contributed by atoms with van der Waals surface area (Å²) in [5.74, 6) is 1.41. The molecule has 0 unspecified atom stereocenters. The second-order valence-electron chi connectivity index (χ2n) is 4.46. The molecular formula is C15H13ClN2O2S. The van der Waals surface area contributed by atoms with Gasteiger partial charge in [-0.25, -0.2) is 0 Å². The van der Waals surface area contributed by atoms with Crippen LogP contribution in [0.1, 0.15) is 0 Å². The van der Waals surface area contributed by atoms with E-state index in [2.05, 4.69) is 4.98 Å². The molecule has 0 atom stereocenters. The Morgan fingerprint density at radius 1 is 1.10 bits per heavy atom. The predicted molar refractivity (Wildman–Crippen MR) is 86.6 cm³/mol. The molecule has 1 heterocycles. The van der Waals surface area contributed by atoms with Gasteiger partial charge in [0.2, 0.25) is 0 Å². The van der Waals surface area contributed by atoms with Crippen molar-refractivity contribution in [3.63, 3.8) is 0 Å². The Hall–Kier alpha value is -1.98. The first-order valence-corrected chi connectivity index (χ1v) is 7.05. The molecule has 0 spiro atoms. The van der Waals surface area contributed by atoms with Crippen molar-refractivity contribution in [3.8, 4) is 17.2 Å². The number of nitrogens with one attached hydrogen (secondary N) is 1. The monoisotopic (exact) mass is 320 g/mol. The van der Waals surface area contributed by atoms with Crippen LogP contribution in [0.4, 0.5) is 0 Å². The third-order valence-electron chi connectivity index (χ3n) is 3.27. The summed E-state index contributed by atoms with van der Waals surface area (Å²) in [7, 11) is 3.24. The van der Waals surface area contributed by atoms with Gasteiger partial charge in [-0.05, 0) is 42.5 Å². The van der Waals surface area contributed by atoms with E-state index in [-0.39, 0.29) is 0 Å². The molecule has 4 nitrogen and oxygen atoms in total. The van der Waals surface area contributed by atoms with Crippen LogP contribution in [0.15, 0.2) is 36.4 Å². The van der Waals surface area contributed by atoms with Gasteiger partial charge in [-0.3, -0.25) is 4.57 Å². The van der Waals surface area contributed by atoms with Gasteiger partial charge in [0, 0.05) is 11.1 Å². The fourth-order valence-corrected chi connectivity index (χ4v) is 2.77. The molecule has 0 bridgehead atoms. The molecule has 0 saturated heterocycles. The van der Waals surface area contributed by atoms with Gasteiger partial charge in [0.15, 0.2) is 4.77 Å². The lowest BCUT2D eigenvalue weighted by Gasteiger charge is -2.12. The summed E-state index contributed by atoms with van der Waals surface area (Å²) in [5, 5.41) is 0.660. The third kappa shape index (κ3) is 2.39. The first-order chi connectivity index (χ1) is 10.1. The summed E-state index contributed by atoms with van der Waals surface area (Å²) in [6.07, 6.45) is 0. The summed E-state index contributed by atoms with van der Waals surface area (Å²) in [4.78, 5) is 3.15. The Bertz CT molecular complexity index is 870. The number of H-pyrrole nitrogens is 1. The number of aromatic nitrogens is 2. The van der Waals surface area contributed by atoms with Crippen LogP contribution in [0, 0.1) is 4.77 Å². The number of imidazole rings is 1. The number of benzene rings is 2. The van der Waals surface area contributed by atoms with E-state index in [1.54, 1.807) is 14.2 Å². The fraction of sp³-hybridized carbons (Fsp3) is 0.133. The number of methoxy groups -OCH3 is 2. The van der Waals surface area contributed by atoms with Gasteiger partial charge >= 0.3 is 0 Å². The number of fused-ring (bicyclic) bond motifs is 1. The minimum Gasteiger partial charge on any atom is -0.497 e. The average Bonchev–Trinajstić information content (AvgIpc) is 2.81. The summed E-state index contributed by atoms with van der Waals surface area (Å²) in [6.45, 7) is 0. The Kier molecular flexibility index (Phi) is 3.61. The van der Waals surface area contributed by atoms with Gasteiger partial charge in [-0.2, -0.15) is 0 Å². The van der Waals surface area contributed by atoms with E-state index in [1.165, 1.54) is 0 Å². The molecule has 6 heteroatoms. The lowest BCUT2D eigenvalue weighted by molar-refractivity contribution is 0.393. The van der Waals surface area contributed by atoms with Crippen LogP contribution < -0.4 is 9.47 Å². The van der Waals surface area contributed by atoms with Gasteiger partial charge in [0.1, 0.15) is 11.5 Å². The highest BCUT2D eigenvalue weighted by Crippen LogP contribution is 2.31. The highest BCUT2D eigenvalue weighted by molar-refractivity contribution is 7.71. The van der Waals surface area contributed by atoms with Crippen LogP contribution in [0.2, 0.25) is 5.02 Å². The van der Waals surface area contributed by atoms with Crippen molar-refractivity contribution >= 4 is 34.9 Å². The highest BCUT2D eigenvalue weighted by atomic mass is 35.5. The standard InChI is InChI=1S/C15H13ClN2O2S/c1-19-10-4-6-13(14(8-10)20-2)18-12-5-3-9(16)7-11(12)17-15(18)21/h3-8H,1-2H3,(H,17,21). The van der Waals surface area contributed by atoms with Crippen LogP contribution in [-0.2, 0) is 0 Å². The maximum atomic E-state index is 6.02. The van der Waals surface area contributed by atoms with Gasteiger partial charge in [-0.15, -0.1) is 0 Å². The normalized spacial score (nSPS) is 10.8. The lowest BCUT2D eigenvalue weighted by Crippen LogP contribution is -1.98. The summed E-state index contributed by atoms with van der Waals surface area (Å²) >= 11 is 11.4. The molecule has 3 aromatic rings. The van der Waals surface area contributed by atoms with Crippen molar-refractivity contribution in [2.75, 3.05) is 14.2 Å². The van der Waals surface area contributed by atoms with E-state index in [4.69, 9.17) is 33.3 Å². The summed E-state index contributed by atoms with van der Waals surface area (Å²) in [6, 6.07) is 11.2. The van der Waals surface area contributed by atoms with Crippen molar-refractivity contribution in [3.05, 3.63) is 46.2 Å². The first-order valence-electron chi connectivity index (χ1n) is 6.26. The van der Waals surface area contributed by atoms with Crippen LogP contribution in [0.25, 0.3) is 16.7 Å². The molecule has 0 amide bonds. The smallest absolute Gasteiger partial charge is 0.182 e. The number of rotatable bonds is 3. The number of hydrogen-bond donors (Lipinski definition) is 1. The molecule has 21 heavy (non-hydrogen) atoms. The maximum absolute atomic E-state index is 6.02. The van der Waals surface area contributed by atoms with E-state index in [0.29, 0.717) is 15.5 Å². The van der Waals surface area contributed by atoms with Gasteiger partial charge in [0.05, 0.1) is 30.9 Å². The molecule has 1 aromatic heterocycles. The van der Waals surface area contributed by atoms with Crippen molar-refractivity contribution in [1.82, 2.24) is 9.55 Å². The number of hydrogen-bond acceptors (Lipinski definition) is 3. The Morgan fingerprint density at radius 3 is 2.62 bits per heavy atom. The molecular weight excluding hydrogens is 308 g/mol. The van der Waals surface area contributed by atoms with Gasteiger partial charge < -0.3 is 14.5 Å². The predicted octanol–water partition coefficient (Wildman–Crippen LogP) is 4.36. The Labute approximate surface area is 131 Å². The number of aromatic amines is 1. The van der Waals surface area contributed by atoms with Gasteiger partial charge in [0.25, 0.3) is 0 Å². The highest BCUT2D eigenvalue weighted by Gasteiger charge is 2.12.